The van der Waals surface area contributed by atoms with Crippen molar-refractivity contribution < 1.29 is 14.3 Å². The first kappa shape index (κ1) is 14.8. The zero-order valence-corrected chi connectivity index (χ0v) is 12.9. The van der Waals surface area contributed by atoms with Crippen molar-refractivity contribution in [2.24, 2.45) is 0 Å². The number of fused-ring (bicyclic) bond motifs is 1. The van der Waals surface area contributed by atoms with Crippen LogP contribution in [0.1, 0.15) is 39.4 Å². The van der Waals surface area contributed by atoms with Crippen molar-refractivity contribution in [1.82, 2.24) is 0 Å². The van der Waals surface area contributed by atoms with Crippen LogP contribution in [0.15, 0.2) is 42.5 Å². The van der Waals surface area contributed by atoms with Crippen LogP contribution in [0.5, 0.6) is 5.75 Å². The van der Waals surface area contributed by atoms with E-state index in [1.165, 1.54) is 7.11 Å². The van der Waals surface area contributed by atoms with Crippen LogP contribution < -0.4 is 4.74 Å². The second kappa shape index (κ2) is 5.93. The van der Waals surface area contributed by atoms with Gasteiger partial charge in [-0.2, -0.15) is 0 Å². The fraction of sp³-hybridized carbons (Fsp3) is 0.222. The van der Waals surface area contributed by atoms with Crippen LogP contribution >= 0.6 is 11.6 Å². The van der Waals surface area contributed by atoms with E-state index in [9.17, 15) is 9.59 Å². The van der Waals surface area contributed by atoms with Gasteiger partial charge in [0, 0.05) is 5.56 Å². The smallest absolute Gasteiger partial charge is 0.229 e. The maximum atomic E-state index is 12.7. The third-order valence-electron chi connectivity index (χ3n) is 4.09. The summed E-state index contributed by atoms with van der Waals surface area (Å²) in [6.45, 7) is 0. The van der Waals surface area contributed by atoms with Gasteiger partial charge in [0.25, 0.3) is 0 Å². The molecule has 1 aliphatic carbocycles. The fourth-order valence-electron chi connectivity index (χ4n) is 2.96. The third kappa shape index (κ3) is 2.53. The molecule has 22 heavy (non-hydrogen) atoms. The maximum absolute atomic E-state index is 12.7. The second-order valence-electron chi connectivity index (χ2n) is 5.34. The van der Waals surface area contributed by atoms with E-state index in [-0.39, 0.29) is 16.9 Å². The lowest BCUT2D eigenvalue weighted by Gasteiger charge is -2.13. The lowest BCUT2D eigenvalue weighted by atomic mass is 9.96. The minimum absolute atomic E-state index is 0.0825. The van der Waals surface area contributed by atoms with E-state index in [4.69, 9.17) is 16.3 Å². The molecule has 1 aliphatic rings. The summed E-state index contributed by atoms with van der Waals surface area (Å²) in [6, 6.07) is 12.7. The average Bonchev–Trinajstić information content (AvgIpc) is 2.96. The Labute approximate surface area is 133 Å². The number of carbonyl (C=O) groups is 2. The lowest BCUT2D eigenvalue weighted by molar-refractivity contribution is -0.112. The number of ether oxygens (including phenoxy) is 1. The standard InChI is InChI=1S/C18H15ClO3/c1-22-16-10-14-12(7-8-13(14)18(19)21)9-15(16)17(20)11-5-3-2-4-6-11/h2-6,9-10,13H,7-8H2,1H3. The molecule has 0 fully saturated rings. The first-order valence-electron chi connectivity index (χ1n) is 7.11. The van der Waals surface area contributed by atoms with E-state index in [0.717, 1.165) is 17.5 Å². The first-order valence-corrected chi connectivity index (χ1v) is 7.49. The number of hydrogen-bond acceptors (Lipinski definition) is 3. The normalized spacial score (nSPS) is 16.2. The topological polar surface area (TPSA) is 43.4 Å². The van der Waals surface area contributed by atoms with Crippen molar-refractivity contribution in [3.05, 3.63) is 64.7 Å². The van der Waals surface area contributed by atoms with Crippen LogP contribution in [0.2, 0.25) is 0 Å². The molecule has 0 saturated carbocycles. The molecule has 1 atom stereocenters. The SMILES string of the molecule is COc1cc2c(cc1C(=O)c1ccccc1)CCC2C(=O)Cl. The van der Waals surface area contributed by atoms with Gasteiger partial charge in [0.15, 0.2) is 5.78 Å². The molecule has 0 aliphatic heterocycles. The Morgan fingerprint density at radius 3 is 2.55 bits per heavy atom. The van der Waals surface area contributed by atoms with Crippen molar-refractivity contribution in [2.45, 2.75) is 18.8 Å². The molecule has 0 amide bonds. The lowest BCUT2D eigenvalue weighted by Crippen LogP contribution is -2.07. The molecule has 0 spiro atoms. The first-order chi connectivity index (χ1) is 10.6. The Balaban J connectivity index is 2.07. The van der Waals surface area contributed by atoms with Crippen molar-refractivity contribution in [3.63, 3.8) is 0 Å². The van der Waals surface area contributed by atoms with E-state index >= 15 is 0 Å². The van der Waals surface area contributed by atoms with Crippen LogP contribution in [-0.4, -0.2) is 18.1 Å². The molecule has 3 nitrogen and oxygen atoms in total. The predicted octanol–water partition coefficient (Wildman–Crippen LogP) is 3.72. The van der Waals surface area contributed by atoms with E-state index in [2.05, 4.69) is 0 Å². The molecule has 0 N–H and O–H groups in total. The quantitative estimate of drug-likeness (QED) is 0.638. The Morgan fingerprint density at radius 1 is 1.18 bits per heavy atom. The Bertz CT molecular complexity index is 737. The third-order valence-corrected chi connectivity index (χ3v) is 4.36. The highest BCUT2D eigenvalue weighted by atomic mass is 35.5. The van der Waals surface area contributed by atoms with Gasteiger partial charge in [-0.15, -0.1) is 0 Å². The predicted molar refractivity (Wildman–Crippen MR) is 84.8 cm³/mol. The molecule has 2 aromatic rings. The number of aryl methyl sites for hydroxylation is 1. The van der Waals surface area contributed by atoms with Gasteiger partial charge in [0.05, 0.1) is 18.6 Å². The molecule has 0 radical (unpaired) electrons. The molecular formula is C18H15ClO3. The highest BCUT2D eigenvalue weighted by Crippen LogP contribution is 2.39. The Morgan fingerprint density at radius 2 is 1.91 bits per heavy atom. The van der Waals surface area contributed by atoms with E-state index < -0.39 is 0 Å². The highest BCUT2D eigenvalue weighted by molar-refractivity contribution is 6.64. The molecule has 3 rings (SSSR count). The number of carbonyl (C=O) groups excluding carboxylic acids is 2. The maximum Gasteiger partial charge on any atom is 0.229 e. The number of methoxy groups -OCH3 is 1. The van der Waals surface area contributed by atoms with Crippen LogP contribution in [0.4, 0.5) is 0 Å². The summed E-state index contributed by atoms with van der Waals surface area (Å²) in [5.41, 5.74) is 3.01. The molecule has 0 heterocycles. The van der Waals surface area contributed by atoms with Gasteiger partial charge in [0.2, 0.25) is 5.24 Å². The fourth-order valence-corrected chi connectivity index (χ4v) is 3.19. The summed E-state index contributed by atoms with van der Waals surface area (Å²) in [5.74, 6) is 0.102. The monoisotopic (exact) mass is 314 g/mol. The van der Waals surface area contributed by atoms with Gasteiger partial charge in [0.1, 0.15) is 5.75 Å². The van der Waals surface area contributed by atoms with E-state index in [1.54, 1.807) is 18.2 Å². The van der Waals surface area contributed by atoms with Gasteiger partial charge >= 0.3 is 0 Å². The van der Waals surface area contributed by atoms with Crippen molar-refractivity contribution in [3.8, 4) is 5.75 Å². The summed E-state index contributed by atoms with van der Waals surface area (Å²) in [6.07, 6.45) is 1.43. The average molecular weight is 315 g/mol. The van der Waals surface area contributed by atoms with E-state index in [0.29, 0.717) is 23.3 Å². The minimum Gasteiger partial charge on any atom is -0.496 e. The summed E-state index contributed by atoms with van der Waals surface area (Å²) in [5, 5.41) is -0.358. The van der Waals surface area contributed by atoms with Gasteiger partial charge in [-0.1, -0.05) is 30.3 Å². The molecule has 112 valence electrons. The summed E-state index contributed by atoms with van der Waals surface area (Å²) >= 11 is 5.66. The molecule has 0 bridgehead atoms. The Kier molecular flexibility index (Phi) is 3.99. The molecule has 1 unspecified atom stereocenters. The van der Waals surface area contributed by atoms with Crippen LogP contribution in [-0.2, 0) is 11.2 Å². The van der Waals surface area contributed by atoms with Gasteiger partial charge < -0.3 is 4.74 Å². The summed E-state index contributed by atoms with van der Waals surface area (Å²) in [7, 11) is 1.52. The Hall–Kier alpha value is -2.13. The van der Waals surface area contributed by atoms with Crippen LogP contribution in [0.3, 0.4) is 0 Å². The van der Waals surface area contributed by atoms with Crippen LogP contribution in [0, 0.1) is 0 Å². The van der Waals surface area contributed by atoms with Gasteiger partial charge in [-0.3, -0.25) is 9.59 Å². The second-order valence-corrected chi connectivity index (χ2v) is 5.71. The number of ketones is 1. The molecule has 4 heteroatoms. The van der Waals surface area contributed by atoms with E-state index in [1.807, 2.05) is 24.3 Å². The highest BCUT2D eigenvalue weighted by Gasteiger charge is 2.30. The van der Waals surface area contributed by atoms with Crippen LogP contribution in [0.25, 0.3) is 0 Å². The van der Waals surface area contributed by atoms with Crippen molar-refractivity contribution in [2.75, 3.05) is 7.11 Å². The molecule has 0 aromatic heterocycles. The zero-order chi connectivity index (χ0) is 15.7. The summed E-state index contributed by atoms with van der Waals surface area (Å²) < 4.78 is 5.37. The summed E-state index contributed by atoms with van der Waals surface area (Å²) in [4.78, 5) is 24.2. The molecule has 0 saturated heterocycles. The number of benzene rings is 2. The number of halogens is 1. The van der Waals surface area contributed by atoms with Gasteiger partial charge in [-0.05, 0) is 47.7 Å². The molecule has 2 aromatic carbocycles. The van der Waals surface area contributed by atoms with Gasteiger partial charge in [-0.25, -0.2) is 0 Å². The minimum atomic E-state index is -0.358. The molecular weight excluding hydrogens is 300 g/mol. The number of hydrogen-bond donors (Lipinski definition) is 0. The number of rotatable bonds is 4. The largest absolute Gasteiger partial charge is 0.496 e. The zero-order valence-electron chi connectivity index (χ0n) is 12.1. The van der Waals surface area contributed by atoms with Crippen molar-refractivity contribution in [1.29, 1.82) is 0 Å². The van der Waals surface area contributed by atoms with Crippen molar-refractivity contribution >= 4 is 22.6 Å².